The van der Waals surface area contributed by atoms with E-state index in [0.717, 1.165) is 21.4 Å². The summed E-state index contributed by atoms with van der Waals surface area (Å²) >= 11 is 4.45. The van der Waals surface area contributed by atoms with Gasteiger partial charge in [0.15, 0.2) is 0 Å². The highest BCUT2D eigenvalue weighted by Gasteiger charge is 2.17. The van der Waals surface area contributed by atoms with Crippen molar-refractivity contribution in [2.24, 2.45) is 0 Å². The Morgan fingerprint density at radius 3 is 2.68 bits per heavy atom. The van der Waals surface area contributed by atoms with Crippen LogP contribution in [0.2, 0.25) is 0 Å². The Morgan fingerprint density at radius 1 is 1.37 bits per heavy atom. The number of sulfonamides is 1. The van der Waals surface area contributed by atoms with Crippen LogP contribution in [-0.2, 0) is 16.6 Å². The summed E-state index contributed by atoms with van der Waals surface area (Å²) in [5, 5.41) is 10.6. The molecular weight excluding hydrogens is 350 g/mol. The third kappa shape index (κ3) is 3.36. The molecule has 2 N–H and O–H groups in total. The number of nitrogens with one attached hydrogen (secondary N) is 1. The Labute approximate surface area is 124 Å². The summed E-state index contributed by atoms with van der Waals surface area (Å²) in [5.74, 6) is 0. The quantitative estimate of drug-likeness (QED) is 0.878. The molecule has 1 aromatic carbocycles. The van der Waals surface area contributed by atoms with Crippen LogP contribution in [0.4, 0.5) is 5.69 Å². The number of hydrogen-bond acceptors (Lipinski definition) is 4. The van der Waals surface area contributed by atoms with Crippen LogP contribution in [0, 0.1) is 6.92 Å². The van der Waals surface area contributed by atoms with Gasteiger partial charge in [-0.25, -0.2) is 8.42 Å². The maximum atomic E-state index is 12.1. The fourth-order valence-corrected chi connectivity index (χ4v) is 3.99. The number of anilines is 1. The highest BCUT2D eigenvalue weighted by molar-refractivity contribution is 9.10. The van der Waals surface area contributed by atoms with Gasteiger partial charge in [0.2, 0.25) is 0 Å². The third-order valence-corrected chi connectivity index (χ3v) is 6.25. The van der Waals surface area contributed by atoms with Crippen LogP contribution in [0.25, 0.3) is 0 Å². The van der Waals surface area contributed by atoms with E-state index in [-0.39, 0.29) is 10.8 Å². The minimum atomic E-state index is -3.59. The van der Waals surface area contributed by atoms with Gasteiger partial charge < -0.3 is 5.11 Å². The number of rotatable bonds is 4. The minimum Gasteiger partial charge on any atom is -0.392 e. The average Bonchev–Trinajstić information content (AvgIpc) is 2.83. The molecule has 0 atom stereocenters. The minimum absolute atomic E-state index is 0.163. The van der Waals surface area contributed by atoms with E-state index in [9.17, 15) is 8.42 Å². The molecule has 1 heterocycles. The lowest BCUT2D eigenvalue weighted by atomic mass is 10.2. The largest absolute Gasteiger partial charge is 0.392 e. The lowest BCUT2D eigenvalue weighted by Gasteiger charge is -2.07. The van der Waals surface area contributed by atoms with E-state index in [2.05, 4.69) is 20.7 Å². The number of aliphatic hydroxyl groups is 1. The van der Waals surface area contributed by atoms with Gasteiger partial charge in [-0.3, -0.25) is 4.72 Å². The predicted molar refractivity (Wildman–Crippen MR) is 79.9 cm³/mol. The SMILES string of the molecule is Cc1cc(NS(=O)(=O)c2cc(CO)cs2)ccc1Br. The van der Waals surface area contributed by atoms with Crippen molar-refractivity contribution >= 4 is 43.0 Å². The zero-order chi connectivity index (χ0) is 14.0. The fourth-order valence-electron chi connectivity index (χ4n) is 1.49. The zero-order valence-electron chi connectivity index (χ0n) is 10.1. The topological polar surface area (TPSA) is 66.4 Å². The van der Waals surface area contributed by atoms with Crippen LogP contribution in [0.15, 0.2) is 38.3 Å². The molecule has 2 aromatic rings. The van der Waals surface area contributed by atoms with E-state index >= 15 is 0 Å². The maximum Gasteiger partial charge on any atom is 0.271 e. The second-order valence-corrected chi connectivity index (χ2v) is 7.68. The van der Waals surface area contributed by atoms with Crippen molar-refractivity contribution in [3.63, 3.8) is 0 Å². The first kappa shape index (κ1) is 14.5. The Morgan fingerprint density at radius 2 is 2.11 bits per heavy atom. The van der Waals surface area contributed by atoms with Crippen molar-refractivity contribution in [3.8, 4) is 0 Å². The van der Waals surface area contributed by atoms with Gasteiger partial charge in [-0.05, 0) is 47.7 Å². The summed E-state index contributed by atoms with van der Waals surface area (Å²) in [4.78, 5) is 0. The number of aliphatic hydroxyl groups excluding tert-OH is 1. The van der Waals surface area contributed by atoms with Crippen molar-refractivity contribution in [2.75, 3.05) is 4.72 Å². The van der Waals surface area contributed by atoms with Crippen LogP contribution >= 0.6 is 27.3 Å². The molecule has 7 heteroatoms. The highest BCUT2D eigenvalue weighted by Crippen LogP contribution is 2.25. The maximum absolute atomic E-state index is 12.1. The molecule has 0 radical (unpaired) electrons. The molecule has 4 nitrogen and oxygen atoms in total. The van der Waals surface area contributed by atoms with Crippen LogP contribution in [0.3, 0.4) is 0 Å². The predicted octanol–water partition coefficient (Wildman–Crippen LogP) is 3.11. The third-order valence-electron chi connectivity index (χ3n) is 2.49. The van der Waals surface area contributed by atoms with Crippen molar-refractivity contribution in [2.45, 2.75) is 17.7 Å². The van der Waals surface area contributed by atoms with Gasteiger partial charge >= 0.3 is 0 Å². The van der Waals surface area contributed by atoms with E-state index in [0.29, 0.717) is 11.3 Å². The van der Waals surface area contributed by atoms with Crippen molar-refractivity contribution in [1.29, 1.82) is 0 Å². The second kappa shape index (κ2) is 5.62. The van der Waals surface area contributed by atoms with E-state index in [1.165, 1.54) is 6.07 Å². The molecule has 0 aliphatic rings. The number of hydrogen-bond donors (Lipinski definition) is 2. The lowest BCUT2D eigenvalue weighted by molar-refractivity contribution is 0.282. The second-order valence-electron chi connectivity index (χ2n) is 4.00. The molecule has 2 rings (SSSR count). The van der Waals surface area contributed by atoms with Gasteiger partial charge in [-0.1, -0.05) is 15.9 Å². The van der Waals surface area contributed by atoms with Crippen LogP contribution in [0.5, 0.6) is 0 Å². The first-order valence-electron chi connectivity index (χ1n) is 5.39. The Bertz CT molecular complexity index is 695. The lowest BCUT2D eigenvalue weighted by Crippen LogP contribution is -2.11. The number of aryl methyl sites for hydroxylation is 1. The monoisotopic (exact) mass is 361 g/mol. The molecular formula is C12H12BrNO3S2. The Hall–Kier alpha value is -0.890. The van der Waals surface area contributed by atoms with Crippen LogP contribution in [0.1, 0.15) is 11.1 Å². The molecule has 19 heavy (non-hydrogen) atoms. The summed E-state index contributed by atoms with van der Waals surface area (Å²) < 4.78 is 27.9. The fraction of sp³-hybridized carbons (Fsp3) is 0.167. The van der Waals surface area contributed by atoms with E-state index in [1.807, 2.05) is 6.92 Å². The van der Waals surface area contributed by atoms with Crippen molar-refractivity contribution in [1.82, 2.24) is 0 Å². The molecule has 0 amide bonds. The van der Waals surface area contributed by atoms with Gasteiger partial charge in [0, 0.05) is 10.2 Å². The van der Waals surface area contributed by atoms with Crippen molar-refractivity contribution in [3.05, 3.63) is 45.2 Å². The van der Waals surface area contributed by atoms with Crippen LogP contribution < -0.4 is 4.72 Å². The summed E-state index contributed by atoms with van der Waals surface area (Å²) in [6.07, 6.45) is 0. The summed E-state index contributed by atoms with van der Waals surface area (Å²) in [6.45, 7) is 1.72. The first-order chi connectivity index (χ1) is 8.92. The normalized spacial score (nSPS) is 11.5. The van der Waals surface area contributed by atoms with Gasteiger partial charge in [0.25, 0.3) is 10.0 Å². The van der Waals surface area contributed by atoms with E-state index in [4.69, 9.17) is 5.11 Å². The van der Waals surface area contributed by atoms with E-state index in [1.54, 1.807) is 23.6 Å². The van der Waals surface area contributed by atoms with Gasteiger partial charge in [-0.2, -0.15) is 0 Å². The van der Waals surface area contributed by atoms with E-state index < -0.39 is 10.0 Å². The smallest absolute Gasteiger partial charge is 0.271 e. The molecule has 0 unspecified atom stereocenters. The Kier molecular flexibility index (Phi) is 4.29. The number of halogens is 1. The first-order valence-corrected chi connectivity index (χ1v) is 8.55. The molecule has 102 valence electrons. The van der Waals surface area contributed by atoms with Gasteiger partial charge in [0.1, 0.15) is 4.21 Å². The molecule has 0 fully saturated rings. The molecule has 0 saturated heterocycles. The summed E-state index contributed by atoms with van der Waals surface area (Å²) in [7, 11) is -3.59. The molecule has 0 spiro atoms. The Balaban J connectivity index is 2.28. The van der Waals surface area contributed by atoms with Crippen LogP contribution in [-0.4, -0.2) is 13.5 Å². The molecule has 0 bridgehead atoms. The van der Waals surface area contributed by atoms with Gasteiger partial charge in [-0.15, -0.1) is 11.3 Å². The summed E-state index contributed by atoms with van der Waals surface area (Å²) in [5.41, 5.74) is 2.06. The average molecular weight is 362 g/mol. The van der Waals surface area contributed by atoms with Gasteiger partial charge in [0.05, 0.1) is 6.61 Å². The zero-order valence-corrected chi connectivity index (χ0v) is 13.3. The number of benzene rings is 1. The molecule has 1 aromatic heterocycles. The standard InChI is InChI=1S/C12H12BrNO3S2/c1-8-4-10(2-3-11(8)13)14-19(16,17)12-5-9(6-15)7-18-12/h2-5,7,14-15H,6H2,1H3. The van der Waals surface area contributed by atoms with Crippen molar-refractivity contribution < 1.29 is 13.5 Å². The number of thiophene rings is 1. The molecule has 0 aliphatic heterocycles. The molecule has 0 saturated carbocycles. The molecule has 0 aliphatic carbocycles. The highest BCUT2D eigenvalue weighted by atomic mass is 79.9. The summed E-state index contributed by atoms with van der Waals surface area (Å²) in [6, 6.07) is 6.71.